The Balaban J connectivity index is 1.94. The van der Waals surface area contributed by atoms with Crippen LogP contribution >= 0.6 is 0 Å². The summed E-state index contributed by atoms with van der Waals surface area (Å²) in [6, 6.07) is 0. The Morgan fingerprint density at radius 3 is 2.00 bits per heavy atom. The van der Waals surface area contributed by atoms with Crippen molar-refractivity contribution in [3.05, 3.63) is 0 Å². The quantitative estimate of drug-likeness (QED) is 0.721. The van der Waals surface area contributed by atoms with Gasteiger partial charge >= 0.3 is 0 Å². The van der Waals surface area contributed by atoms with E-state index in [0.717, 1.165) is 31.1 Å². The number of hydrogen-bond donors (Lipinski definition) is 2. The zero-order valence-electron chi connectivity index (χ0n) is 10.6. The molecule has 2 N–H and O–H groups in total. The van der Waals surface area contributed by atoms with Crippen LogP contribution in [0.15, 0.2) is 0 Å². The first-order chi connectivity index (χ1) is 7.59. The van der Waals surface area contributed by atoms with Gasteiger partial charge in [0, 0.05) is 0 Å². The summed E-state index contributed by atoms with van der Waals surface area (Å²) < 4.78 is 0. The van der Waals surface area contributed by atoms with Gasteiger partial charge in [-0.25, -0.2) is 0 Å². The Bertz CT molecular complexity index is 221. The zero-order valence-corrected chi connectivity index (χ0v) is 10.6. The predicted octanol–water partition coefficient (Wildman–Crippen LogP) is 2.58. The molecule has 0 spiro atoms. The van der Waals surface area contributed by atoms with Crippen molar-refractivity contribution < 1.29 is 10.2 Å². The van der Waals surface area contributed by atoms with Gasteiger partial charge in [-0.1, -0.05) is 13.8 Å². The van der Waals surface area contributed by atoms with Gasteiger partial charge < -0.3 is 10.2 Å². The van der Waals surface area contributed by atoms with Crippen LogP contribution in [-0.4, -0.2) is 22.4 Å². The minimum atomic E-state index is -0.0829. The van der Waals surface area contributed by atoms with E-state index >= 15 is 0 Å². The molecule has 0 aromatic rings. The number of aliphatic hydroxyl groups is 2. The van der Waals surface area contributed by atoms with Crippen LogP contribution in [0.25, 0.3) is 0 Å². The van der Waals surface area contributed by atoms with Crippen LogP contribution in [-0.2, 0) is 0 Å². The third-order valence-electron chi connectivity index (χ3n) is 5.25. The number of hydrogen-bond acceptors (Lipinski definition) is 2. The lowest BCUT2D eigenvalue weighted by Crippen LogP contribution is -2.39. The van der Waals surface area contributed by atoms with E-state index in [1.807, 2.05) is 0 Å². The van der Waals surface area contributed by atoms with E-state index in [4.69, 9.17) is 0 Å². The lowest BCUT2D eigenvalue weighted by atomic mass is 9.64. The van der Waals surface area contributed by atoms with Crippen LogP contribution in [0.4, 0.5) is 0 Å². The summed E-state index contributed by atoms with van der Waals surface area (Å²) >= 11 is 0. The smallest absolute Gasteiger partial charge is 0.0568 e. The lowest BCUT2D eigenvalue weighted by molar-refractivity contribution is -0.0149. The molecule has 4 atom stereocenters. The molecule has 0 amide bonds. The van der Waals surface area contributed by atoms with Crippen molar-refractivity contribution in [1.82, 2.24) is 0 Å². The van der Waals surface area contributed by atoms with E-state index < -0.39 is 0 Å². The second-order valence-electron chi connectivity index (χ2n) is 6.10. The molecule has 0 radical (unpaired) electrons. The van der Waals surface area contributed by atoms with Crippen LogP contribution in [0.3, 0.4) is 0 Å². The zero-order chi connectivity index (χ0) is 11.7. The highest BCUT2D eigenvalue weighted by Crippen LogP contribution is 2.43. The second kappa shape index (κ2) is 5.05. The summed E-state index contributed by atoms with van der Waals surface area (Å²) in [5.41, 5.74) is 0. The summed E-state index contributed by atoms with van der Waals surface area (Å²) in [4.78, 5) is 0. The van der Waals surface area contributed by atoms with Crippen molar-refractivity contribution in [1.29, 1.82) is 0 Å². The van der Waals surface area contributed by atoms with Gasteiger partial charge in [-0.2, -0.15) is 0 Å². The fraction of sp³-hybridized carbons (Fsp3) is 1.00. The lowest BCUT2D eigenvalue weighted by Gasteiger charge is -2.43. The molecule has 0 aromatic heterocycles. The molecule has 2 heteroatoms. The topological polar surface area (TPSA) is 40.5 Å². The maximum Gasteiger partial charge on any atom is 0.0568 e. The molecule has 2 aliphatic carbocycles. The summed E-state index contributed by atoms with van der Waals surface area (Å²) in [5.74, 6) is 2.67. The van der Waals surface area contributed by atoms with E-state index in [9.17, 15) is 10.2 Å². The normalized spacial score (nSPS) is 50.2. The van der Waals surface area contributed by atoms with Crippen LogP contribution < -0.4 is 0 Å². The molecule has 2 nitrogen and oxygen atoms in total. The van der Waals surface area contributed by atoms with Crippen molar-refractivity contribution in [3.8, 4) is 0 Å². The fourth-order valence-electron chi connectivity index (χ4n) is 3.82. The van der Waals surface area contributed by atoms with Crippen molar-refractivity contribution >= 4 is 0 Å². The minimum absolute atomic E-state index is 0.0434. The Kier molecular flexibility index (Phi) is 3.91. The molecule has 2 aliphatic rings. The van der Waals surface area contributed by atoms with Crippen LogP contribution in [0.5, 0.6) is 0 Å². The van der Waals surface area contributed by atoms with Crippen LogP contribution in [0, 0.1) is 23.7 Å². The monoisotopic (exact) mass is 226 g/mol. The molecule has 94 valence electrons. The van der Waals surface area contributed by atoms with Gasteiger partial charge in [0.05, 0.1) is 12.2 Å². The molecule has 4 unspecified atom stereocenters. The number of aliphatic hydroxyl groups excluding tert-OH is 2. The number of rotatable bonds is 1. The van der Waals surface area contributed by atoms with Gasteiger partial charge in [-0.3, -0.25) is 0 Å². The molecule has 2 rings (SSSR count). The van der Waals surface area contributed by atoms with E-state index in [2.05, 4.69) is 13.8 Å². The summed E-state index contributed by atoms with van der Waals surface area (Å²) in [7, 11) is 0. The Morgan fingerprint density at radius 1 is 0.750 bits per heavy atom. The Morgan fingerprint density at radius 2 is 1.38 bits per heavy atom. The highest BCUT2D eigenvalue weighted by atomic mass is 16.3. The van der Waals surface area contributed by atoms with Gasteiger partial charge in [0.25, 0.3) is 0 Å². The highest BCUT2D eigenvalue weighted by Gasteiger charge is 2.38. The van der Waals surface area contributed by atoms with E-state index in [1.165, 1.54) is 19.3 Å². The van der Waals surface area contributed by atoms with E-state index in [-0.39, 0.29) is 12.2 Å². The van der Waals surface area contributed by atoms with Crippen molar-refractivity contribution in [2.45, 2.75) is 64.6 Å². The third kappa shape index (κ3) is 2.43. The molecule has 0 aliphatic heterocycles. The standard InChI is InChI=1S/C14H26O2/c1-9-10(2)14(16)8-7-13(9)11-3-5-12(15)6-4-11/h9-16H,3-8H2,1-2H3. The predicted molar refractivity (Wildman–Crippen MR) is 65.0 cm³/mol. The van der Waals surface area contributed by atoms with Crippen molar-refractivity contribution in [2.75, 3.05) is 0 Å². The Hall–Kier alpha value is -0.0800. The summed E-state index contributed by atoms with van der Waals surface area (Å²) in [5, 5.41) is 19.4. The molecule has 0 aromatic carbocycles. The first-order valence-corrected chi connectivity index (χ1v) is 6.95. The van der Waals surface area contributed by atoms with Gasteiger partial charge in [0.1, 0.15) is 0 Å². The maximum absolute atomic E-state index is 9.87. The Labute approximate surface area is 99.1 Å². The molecule has 16 heavy (non-hydrogen) atoms. The highest BCUT2D eigenvalue weighted by molar-refractivity contribution is 4.88. The van der Waals surface area contributed by atoms with Crippen LogP contribution in [0.2, 0.25) is 0 Å². The second-order valence-corrected chi connectivity index (χ2v) is 6.10. The van der Waals surface area contributed by atoms with Gasteiger partial charge in [0.15, 0.2) is 0 Å². The van der Waals surface area contributed by atoms with Gasteiger partial charge in [0.2, 0.25) is 0 Å². The van der Waals surface area contributed by atoms with Crippen LogP contribution in [0.1, 0.15) is 52.4 Å². The first kappa shape index (κ1) is 12.4. The van der Waals surface area contributed by atoms with E-state index in [1.54, 1.807) is 0 Å². The average Bonchev–Trinajstić information content (AvgIpc) is 2.28. The summed E-state index contributed by atoms with van der Waals surface area (Å²) in [6.45, 7) is 4.50. The molecule has 2 fully saturated rings. The summed E-state index contributed by atoms with van der Waals surface area (Å²) in [6.07, 6.45) is 6.41. The largest absolute Gasteiger partial charge is 0.393 e. The van der Waals surface area contributed by atoms with E-state index in [0.29, 0.717) is 11.8 Å². The molecule has 0 heterocycles. The first-order valence-electron chi connectivity index (χ1n) is 6.95. The minimum Gasteiger partial charge on any atom is -0.393 e. The third-order valence-corrected chi connectivity index (χ3v) is 5.25. The molecular formula is C14H26O2. The average molecular weight is 226 g/mol. The maximum atomic E-state index is 9.87. The SMILES string of the molecule is CC1C(O)CCC(C2CCC(O)CC2)C1C. The fourth-order valence-corrected chi connectivity index (χ4v) is 3.82. The van der Waals surface area contributed by atoms with Crippen molar-refractivity contribution in [3.63, 3.8) is 0 Å². The molecule has 0 bridgehead atoms. The van der Waals surface area contributed by atoms with Gasteiger partial charge in [-0.05, 0) is 62.2 Å². The van der Waals surface area contributed by atoms with Gasteiger partial charge in [-0.15, -0.1) is 0 Å². The molecule has 2 saturated carbocycles. The molecular weight excluding hydrogens is 200 g/mol. The van der Waals surface area contributed by atoms with Crippen molar-refractivity contribution in [2.24, 2.45) is 23.7 Å². The molecule has 0 saturated heterocycles.